The molecule has 0 atom stereocenters. The van der Waals surface area contributed by atoms with E-state index in [0.717, 1.165) is 31.9 Å². The number of nitrogens with zero attached hydrogens (tertiary/aromatic N) is 2. The molecule has 0 bridgehead atoms. The van der Waals surface area contributed by atoms with Gasteiger partial charge in [0.1, 0.15) is 5.82 Å². The van der Waals surface area contributed by atoms with Crippen molar-refractivity contribution in [1.29, 1.82) is 0 Å². The van der Waals surface area contributed by atoms with Crippen molar-refractivity contribution in [3.05, 3.63) is 58.9 Å². The molecule has 0 unspecified atom stereocenters. The molecule has 0 amide bonds. The van der Waals surface area contributed by atoms with Gasteiger partial charge in [-0.25, -0.2) is 4.39 Å². The highest BCUT2D eigenvalue weighted by Crippen LogP contribution is 2.23. The fraction of sp³-hybridized carbons (Fsp3) is 0.294. The van der Waals surface area contributed by atoms with Crippen molar-refractivity contribution in [3.8, 4) is 0 Å². The summed E-state index contributed by atoms with van der Waals surface area (Å²) in [5.41, 5.74) is 8.26. The molecule has 0 aliphatic carbocycles. The van der Waals surface area contributed by atoms with Crippen molar-refractivity contribution >= 4 is 23.0 Å². The quantitative estimate of drug-likeness (QED) is 0.880. The minimum absolute atomic E-state index is 0.228. The molecule has 1 aliphatic heterocycles. The maximum absolute atomic E-state index is 13.9. The van der Waals surface area contributed by atoms with E-state index in [9.17, 15) is 4.39 Å². The van der Waals surface area contributed by atoms with Gasteiger partial charge in [0.15, 0.2) is 0 Å². The first kappa shape index (κ1) is 15.1. The highest BCUT2D eigenvalue weighted by molar-refractivity contribution is 6.31. The van der Waals surface area contributed by atoms with E-state index in [4.69, 9.17) is 17.3 Å². The summed E-state index contributed by atoms with van der Waals surface area (Å²) >= 11 is 6.10. The third-order valence-corrected chi connectivity index (χ3v) is 4.43. The first-order chi connectivity index (χ1) is 10.6. The van der Waals surface area contributed by atoms with E-state index in [1.54, 1.807) is 12.1 Å². The summed E-state index contributed by atoms with van der Waals surface area (Å²) in [5, 5.41) is 0.501. The molecular formula is C17H19ClFN3. The number of benzene rings is 2. The Morgan fingerprint density at radius 1 is 1.00 bits per heavy atom. The number of nitrogens with two attached hydrogens (primary N) is 1. The van der Waals surface area contributed by atoms with Gasteiger partial charge in [0.25, 0.3) is 0 Å². The van der Waals surface area contributed by atoms with Gasteiger partial charge in [-0.15, -0.1) is 0 Å². The summed E-state index contributed by atoms with van der Waals surface area (Å²) in [7, 11) is 0. The first-order valence-electron chi connectivity index (χ1n) is 7.39. The van der Waals surface area contributed by atoms with Gasteiger partial charge >= 0.3 is 0 Å². The minimum atomic E-state index is -0.228. The van der Waals surface area contributed by atoms with Crippen molar-refractivity contribution in [2.45, 2.75) is 6.54 Å². The molecule has 2 aromatic rings. The number of nitrogen functional groups attached to an aromatic ring is 1. The number of halogens is 2. The number of hydrogen-bond acceptors (Lipinski definition) is 3. The van der Waals surface area contributed by atoms with Crippen molar-refractivity contribution in [1.82, 2.24) is 4.90 Å². The summed E-state index contributed by atoms with van der Waals surface area (Å²) in [4.78, 5) is 4.55. The van der Waals surface area contributed by atoms with Gasteiger partial charge < -0.3 is 10.6 Å². The van der Waals surface area contributed by atoms with Crippen LogP contribution in [0.1, 0.15) is 5.56 Å². The molecule has 3 rings (SSSR count). The molecule has 2 N–H and O–H groups in total. The van der Waals surface area contributed by atoms with Crippen molar-refractivity contribution in [3.63, 3.8) is 0 Å². The van der Waals surface area contributed by atoms with Crippen LogP contribution in [0.15, 0.2) is 42.5 Å². The summed E-state index contributed by atoms with van der Waals surface area (Å²) in [6.45, 7) is 4.15. The second-order valence-electron chi connectivity index (χ2n) is 5.55. The zero-order valence-corrected chi connectivity index (χ0v) is 13.1. The predicted molar refractivity (Wildman–Crippen MR) is 89.8 cm³/mol. The van der Waals surface area contributed by atoms with E-state index in [1.165, 1.54) is 11.8 Å². The SMILES string of the molecule is Nc1ccc(N2CCN(Cc3c(F)cccc3Cl)CC2)cc1. The lowest BCUT2D eigenvalue weighted by atomic mass is 10.1. The van der Waals surface area contributed by atoms with Crippen LogP contribution in [0.25, 0.3) is 0 Å². The summed E-state index contributed by atoms with van der Waals surface area (Å²) in [6, 6.07) is 12.8. The lowest BCUT2D eigenvalue weighted by Gasteiger charge is -2.36. The van der Waals surface area contributed by atoms with E-state index in [0.29, 0.717) is 17.1 Å². The highest BCUT2D eigenvalue weighted by Gasteiger charge is 2.19. The van der Waals surface area contributed by atoms with Gasteiger partial charge in [0.05, 0.1) is 0 Å². The van der Waals surface area contributed by atoms with Gasteiger partial charge in [-0.3, -0.25) is 4.90 Å². The van der Waals surface area contributed by atoms with Gasteiger partial charge in [-0.05, 0) is 36.4 Å². The van der Waals surface area contributed by atoms with E-state index in [2.05, 4.69) is 9.80 Å². The number of hydrogen-bond donors (Lipinski definition) is 1. The van der Waals surface area contributed by atoms with E-state index in [1.807, 2.05) is 24.3 Å². The van der Waals surface area contributed by atoms with Crippen LogP contribution in [0.2, 0.25) is 5.02 Å². The van der Waals surface area contributed by atoms with Gasteiger partial charge in [-0.2, -0.15) is 0 Å². The third-order valence-electron chi connectivity index (χ3n) is 4.07. The number of rotatable bonds is 3. The van der Waals surface area contributed by atoms with Gasteiger partial charge in [0.2, 0.25) is 0 Å². The maximum Gasteiger partial charge on any atom is 0.129 e. The third kappa shape index (κ3) is 3.34. The molecule has 0 saturated carbocycles. The lowest BCUT2D eigenvalue weighted by molar-refractivity contribution is 0.246. The molecule has 1 fully saturated rings. The standard InChI is InChI=1S/C17H19ClFN3/c18-16-2-1-3-17(19)15(16)12-21-8-10-22(11-9-21)14-6-4-13(20)5-7-14/h1-7H,8-12,20H2. The van der Waals surface area contributed by atoms with Crippen LogP contribution in [-0.4, -0.2) is 31.1 Å². The fourth-order valence-corrected chi connectivity index (χ4v) is 2.98. The zero-order valence-electron chi connectivity index (χ0n) is 12.3. The zero-order chi connectivity index (χ0) is 15.5. The normalized spacial score (nSPS) is 16.0. The summed E-state index contributed by atoms with van der Waals surface area (Å²) in [5.74, 6) is -0.228. The Balaban J connectivity index is 1.61. The Hall–Kier alpha value is -1.78. The lowest BCUT2D eigenvalue weighted by Crippen LogP contribution is -2.46. The molecule has 3 nitrogen and oxygen atoms in total. The van der Waals surface area contributed by atoms with Crippen LogP contribution in [0.5, 0.6) is 0 Å². The number of piperazine rings is 1. The average molecular weight is 320 g/mol. The predicted octanol–water partition coefficient (Wildman–Crippen LogP) is 3.38. The van der Waals surface area contributed by atoms with Crippen molar-refractivity contribution in [2.24, 2.45) is 0 Å². The second kappa shape index (κ2) is 6.55. The molecule has 116 valence electrons. The average Bonchev–Trinajstić information content (AvgIpc) is 2.53. The van der Waals surface area contributed by atoms with Crippen LogP contribution < -0.4 is 10.6 Å². The molecule has 0 spiro atoms. The van der Waals surface area contributed by atoms with E-state index in [-0.39, 0.29) is 5.82 Å². The molecular weight excluding hydrogens is 301 g/mol. The molecule has 5 heteroatoms. The Kier molecular flexibility index (Phi) is 4.50. The minimum Gasteiger partial charge on any atom is -0.399 e. The highest BCUT2D eigenvalue weighted by atomic mass is 35.5. The maximum atomic E-state index is 13.9. The van der Waals surface area contributed by atoms with Gasteiger partial charge in [0, 0.05) is 54.7 Å². The summed E-state index contributed by atoms with van der Waals surface area (Å²) in [6.07, 6.45) is 0. The Bertz CT molecular complexity index is 617. The first-order valence-corrected chi connectivity index (χ1v) is 7.77. The Morgan fingerprint density at radius 2 is 1.68 bits per heavy atom. The molecule has 0 radical (unpaired) electrons. The smallest absolute Gasteiger partial charge is 0.129 e. The number of anilines is 2. The van der Waals surface area contributed by atoms with E-state index < -0.39 is 0 Å². The van der Waals surface area contributed by atoms with Crippen LogP contribution in [0.3, 0.4) is 0 Å². The fourth-order valence-electron chi connectivity index (χ4n) is 2.76. The van der Waals surface area contributed by atoms with E-state index >= 15 is 0 Å². The Labute approximate surface area is 135 Å². The van der Waals surface area contributed by atoms with Crippen molar-refractivity contribution in [2.75, 3.05) is 36.8 Å². The van der Waals surface area contributed by atoms with Crippen molar-refractivity contribution < 1.29 is 4.39 Å². The molecule has 1 saturated heterocycles. The molecule has 1 aliphatic rings. The molecule has 2 aromatic carbocycles. The van der Waals surface area contributed by atoms with Crippen LogP contribution in [0, 0.1) is 5.82 Å². The Morgan fingerprint density at radius 3 is 2.32 bits per heavy atom. The largest absolute Gasteiger partial charge is 0.399 e. The second-order valence-corrected chi connectivity index (χ2v) is 5.96. The summed E-state index contributed by atoms with van der Waals surface area (Å²) < 4.78 is 13.9. The van der Waals surface area contributed by atoms with Crippen LogP contribution in [-0.2, 0) is 6.54 Å². The van der Waals surface area contributed by atoms with Crippen LogP contribution >= 0.6 is 11.6 Å². The van der Waals surface area contributed by atoms with Crippen LogP contribution in [0.4, 0.5) is 15.8 Å². The molecule has 0 aromatic heterocycles. The topological polar surface area (TPSA) is 32.5 Å². The monoisotopic (exact) mass is 319 g/mol. The molecule has 22 heavy (non-hydrogen) atoms. The molecule has 1 heterocycles. The van der Waals surface area contributed by atoms with Gasteiger partial charge in [-0.1, -0.05) is 17.7 Å².